The Morgan fingerprint density at radius 3 is 2.87 bits per heavy atom. The van der Waals surface area contributed by atoms with Crippen molar-refractivity contribution in [3.05, 3.63) is 35.6 Å². The van der Waals surface area contributed by atoms with E-state index in [0.29, 0.717) is 25.2 Å². The third-order valence-corrected chi connectivity index (χ3v) is 3.96. The SMILES string of the molecule is CC(C)C1C(=O)NCCN1CC(O)COCc1ccccc1F. The van der Waals surface area contributed by atoms with Crippen molar-refractivity contribution in [1.29, 1.82) is 0 Å². The Bertz CT molecular complexity index is 524. The van der Waals surface area contributed by atoms with Crippen LogP contribution in [0.1, 0.15) is 19.4 Å². The van der Waals surface area contributed by atoms with Crippen LogP contribution in [0.2, 0.25) is 0 Å². The first-order valence-corrected chi connectivity index (χ1v) is 8.00. The van der Waals surface area contributed by atoms with Gasteiger partial charge in [0.15, 0.2) is 0 Å². The van der Waals surface area contributed by atoms with Crippen molar-refractivity contribution in [2.24, 2.45) is 5.92 Å². The second kappa shape index (κ2) is 8.38. The van der Waals surface area contributed by atoms with E-state index >= 15 is 0 Å². The molecule has 128 valence electrons. The Hall–Kier alpha value is -1.50. The molecule has 1 aliphatic rings. The van der Waals surface area contributed by atoms with E-state index in [-0.39, 0.29) is 36.9 Å². The van der Waals surface area contributed by atoms with Crippen LogP contribution in [-0.2, 0) is 16.1 Å². The number of halogens is 1. The first kappa shape index (κ1) is 17.8. The van der Waals surface area contributed by atoms with Crippen LogP contribution >= 0.6 is 0 Å². The van der Waals surface area contributed by atoms with E-state index in [0.717, 1.165) is 0 Å². The first-order valence-electron chi connectivity index (χ1n) is 8.00. The molecule has 23 heavy (non-hydrogen) atoms. The largest absolute Gasteiger partial charge is 0.389 e. The van der Waals surface area contributed by atoms with Crippen molar-refractivity contribution in [1.82, 2.24) is 10.2 Å². The van der Waals surface area contributed by atoms with Crippen LogP contribution in [-0.4, -0.2) is 54.3 Å². The Kier molecular flexibility index (Phi) is 6.50. The Morgan fingerprint density at radius 2 is 2.17 bits per heavy atom. The number of hydrogen-bond acceptors (Lipinski definition) is 4. The highest BCUT2D eigenvalue weighted by atomic mass is 19.1. The predicted molar refractivity (Wildman–Crippen MR) is 85.3 cm³/mol. The van der Waals surface area contributed by atoms with Crippen molar-refractivity contribution in [2.45, 2.75) is 32.6 Å². The van der Waals surface area contributed by atoms with Gasteiger partial charge in [-0.1, -0.05) is 32.0 Å². The number of rotatable bonds is 7. The summed E-state index contributed by atoms with van der Waals surface area (Å²) in [7, 11) is 0. The van der Waals surface area contributed by atoms with Crippen LogP contribution in [0.15, 0.2) is 24.3 Å². The molecule has 0 bridgehead atoms. The fourth-order valence-electron chi connectivity index (χ4n) is 2.91. The molecule has 0 aromatic heterocycles. The van der Waals surface area contributed by atoms with E-state index in [1.54, 1.807) is 18.2 Å². The lowest BCUT2D eigenvalue weighted by Gasteiger charge is -2.38. The molecular weight excluding hydrogens is 299 g/mol. The van der Waals surface area contributed by atoms with E-state index in [2.05, 4.69) is 5.32 Å². The zero-order valence-electron chi connectivity index (χ0n) is 13.7. The summed E-state index contributed by atoms with van der Waals surface area (Å²) in [6, 6.07) is 6.18. The fraction of sp³-hybridized carbons (Fsp3) is 0.588. The lowest BCUT2D eigenvalue weighted by Crippen LogP contribution is -2.59. The molecule has 1 aromatic rings. The number of carbonyl (C=O) groups excluding carboxylic acids is 1. The second-order valence-electron chi connectivity index (χ2n) is 6.24. The molecule has 1 saturated heterocycles. The van der Waals surface area contributed by atoms with Gasteiger partial charge in [0.05, 0.1) is 25.4 Å². The summed E-state index contributed by atoms with van der Waals surface area (Å²) in [5.74, 6) is -0.137. The number of aliphatic hydroxyl groups is 1. The van der Waals surface area contributed by atoms with Gasteiger partial charge in [-0.2, -0.15) is 0 Å². The average Bonchev–Trinajstić information content (AvgIpc) is 2.49. The molecule has 2 atom stereocenters. The molecule has 1 heterocycles. The van der Waals surface area contributed by atoms with Crippen molar-refractivity contribution in [2.75, 3.05) is 26.2 Å². The number of benzene rings is 1. The maximum atomic E-state index is 13.5. The Morgan fingerprint density at radius 1 is 1.43 bits per heavy atom. The van der Waals surface area contributed by atoms with Crippen LogP contribution in [0.4, 0.5) is 4.39 Å². The Balaban J connectivity index is 1.80. The zero-order valence-corrected chi connectivity index (χ0v) is 13.7. The van der Waals surface area contributed by atoms with Crippen LogP contribution in [0.3, 0.4) is 0 Å². The van der Waals surface area contributed by atoms with E-state index in [9.17, 15) is 14.3 Å². The maximum absolute atomic E-state index is 13.5. The highest BCUT2D eigenvalue weighted by Gasteiger charge is 2.32. The number of aliphatic hydroxyl groups excluding tert-OH is 1. The quantitative estimate of drug-likeness (QED) is 0.790. The van der Waals surface area contributed by atoms with Crippen LogP contribution < -0.4 is 5.32 Å². The monoisotopic (exact) mass is 324 g/mol. The lowest BCUT2D eigenvalue weighted by molar-refractivity contribution is -0.132. The van der Waals surface area contributed by atoms with Crippen molar-refractivity contribution in [3.63, 3.8) is 0 Å². The molecule has 1 amide bonds. The predicted octanol–water partition coefficient (Wildman–Crippen LogP) is 1.16. The van der Waals surface area contributed by atoms with Crippen LogP contribution in [0, 0.1) is 11.7 Å². The normalized spacial score (nSPS) is 20.6. The summed E-state index contributed by atoms with van der Waals surface area (Å²) in [5.41, 5.74) is 0.470. The molecule has 0 aliphatic carbocycles. The minimum Gasteiger partial charge on any atom is -0.389 e. The van der Waals surface area contributed by atoms with E-state index in [1.165, 1.54) is 6.07 Å². The highest BCUT2D eigenvalue weighted by molar-refractivity contribution is 5.82. The van der Waals surface area contributed by atoms with Gasteiger partial charge in [-0.15, -0.1) is 0 Å². The van der Waals surface area contributed by atoms with Crippen molar-refractivity contribution >= 4 is 5.91 Å². The summed E-state index contributed by atoms with van der Waals surface area (Å²) in [6.45, 7) is 5.87. The standard InChI is InChI=1S/C17H25FN2O3/c1-12(2)16-17(22)19-7-8-20(16)9-14(21)11-23-10-13-5-3-4-6-15(13)18/h3-6,12,14,16,21H,7-11H2,1-2H3,(H,19,22). The van der Waals surface area contributed by atoms with Gasteiger partial charge >= 0.3 is 0 Å². The summed E-state index contributed by atoms with van der Waals surface area (Å²) in [5, 5.41) is 13.0. The summed E-state index contributed by atoms with van der Waals surface area (Å²) >= 11 is 0. The number of β-amino-alcohol motifs (C(OH)–C–C–N with tert-alkyl or cyclic N) is 1. The number of nitrogens with zero attached hydrogens (tertiary/aromatic N) is 1. The van der Waals surface area contributed by atoms with Crippen molar-refractivity contribution in [3.8, 4) is 0 Å². The average molecular weight is 324 g/mol. The van der Waals surface area contributed by atoms with Gasteiger partial charge in [-0.3, -0.25) is 9.69 Å². The van der Waals surface area contributed by atoms with Gasteiger partial charge in [0.1, 0.15) is 5.82 Å². The van der Waals surface area contributed by atoms with Gasteiger partial charge in [0.2, 0.25) is 5.91 Å². The van der Waals surface area contributed by atoms with Gasteiger partial charge < -0.3 is 15.2 Å². The van der Waals surface area contributed by atoms with Gasteiger partial charge in [0.25, 0.3) is 0 Å². The van der Waals surface area contributed by atoms with E-state index in [1.807, 2.05) is 18.7 Å². The molecule has 1 aromatic carbocycles. The topological polar surface area (TPSA) is 61.8 Å². The minimum atomic E-state index is -0.714. The minimum absolute atomic E-state index is 0.00530. The van der Waals surface area contributed by atoms with Gasteiger partial charge in [-0.05, 0) is 12.0 Å². The lowest BCUT2D eigenvalue weighted by atomic mass is 9.99. The molecule has 0 saturated carbocycles. The molecule has 6 heteroatoms. The number of carbonyl (C=O) groups is 1. The molecular formula is C17H25FN2O3. The third kappa shape index (κ3) is 4.99. The number of nitrogens with one attached hydrogen (secondary N) is 1. The summed E-state index contributed by atoms with van der Waals surface area (Å²) in [4.78, 5) is 13.9. The molecule has 1 aliphatic heterocycles. The molecule has 2 unspecified atom stereocenters. The van der Waals surface area contributed by atoms with E-state index < -0.39 is 6.10 Å². The molecule has 1 fully saturated rings. The smallest absolute Gasteiger partial charge is 0.237 e. The number of amides is 1. The number of hydrogen-bond donors (Lipinski definition) is 2. The van der Waals surface area contributed by atoms with E-state index in [4.69, 9.17) is 4.74 Å². The molecule has 0 spiro atoms. The molecule has 2 N–H and O–H groups in total. The summed E-state index contributed by atoms with van der Waals surface area (Å²) < 4.78 is 18.9. The fourth-order valence-corrected chi connectivity index (χ4v) is 2.91. The van der Waals surface area contributed by atoms with Crippen molar-refractivity contribution < 1.29 is 19.0 Å². The Labute approximate surface area is 136 Å². The first-order chi connectivity index (χ1) is 11.0. The van der Waals surface area contributed by atoms with Gasteiger partial charge in [0, 0.05) is 25.2 Å². The molecule has 5 nitrogen and oxygen atoms in total. The summed E-state index contributed by atoms with van der Waals surface area (Å²) in [6.07, 6.45) is -0.714. The molecule has 0 radical (unpaired) electrons. The zero-order chi connectivity index (χ0) is 16.8. The van der Waals surface area contributed by atoms with Gasteiger partial charge in [-0.25, -0.2) is 4.39 Å². The van der Waals surface area contributed by atoms with Crippen LogP contribution in [0.25, 0.3) is 0 Å². The second-order valence-corrected chi connectivity index (χ2v) is 6.24. The maximum Gasteiger partial charge on any atom is 0.237 e. The van der Waals surface area contributed by atoms with Crippen LogP contribution in [0.5, 0.6) is 0 Å². The highest BCUT2D eigenvalue weighted by Crippen LogP contribution is 2.15. The molecule has 2 rings (SSSR count). The number of ether oxygens (including phenoxy) is 1. The number of piperazine rings is 1. The third-order valence-electron chi connectivity index (χ3n) is 3.96.